The zero-order valence-corrected chi connectivity index (χ0v) is 18.7. The van der Waals surface area contributed by atoms with Crippen molar-refractivity contribution in [3.05, 3.63) is 51.4 Å². The summed E-state index contributed by atoms with van der Waals surface area (Å²) >= 11 is 1.43. The van der Waals surface area contributed by atoms with Crippen LogP contribution in [0.15, 0.2) is 24.3 Å². The Morgan fingerprint density at radius 2 is 2.16 bits per heavy atom. The van der Waals surface area contributed by atoms with Gasteiger partial charge in [0, 0.05) is 4.88 Å². The molecule has 3 aliphatic rings. The number of thiophene rings is 1. The van der Waals surface area contributed by atoms with E-state index in [2.05, 4.69) is 23.6 Å². The summed E-state index contributed by atoms with van der Waals surface area (Å²) in [5.74, 6) is -0.306. The Morgan fingerprint density at radius 3 is 2.97 bits per heavy atom. The fraction of sp³-hybridized carbons (Fsp3) is 0.417. The summed E-state index contributed by atoms with van der Waals surface area (Å²) in [6.45, 7) is 1.81. The van der Waals surface area contributed by atoms with Crippen LogP contribution < -0.4 is 10.6 Å². The molecule has 0 bridgehead atoms. The molecule has 5 rings (SSSR count). The number of anilines is 1. The van der Waals surface area contributed by atoms with Crippen LogP contribution in [-0.4, -0.2) is 29.3 Å². The van der Waals surface area contributed by atoms with Crippen molar-refractivity contribution in [2.45, 2.75) is 51.0 Å². The van der Waals surface area contributed by atoms with Gasteiger partial charge in [-0.2, -0.15) is 5.26 Å². The van der Waals surface area contributed by atoms with Crippen molar-refractivity contribution in [1.82, 2.24) is 10.2 Å². The standard InChI is InChI=1S/C24H24N4O3S/c1-14-8-9-16-17(12-25)21(32-19(16)11-14)26-20(29)13-28-22(30)24(27-23(28)31)10-4-6-15-5-2-3-7-18(15)24/h2-3,5,7,14H,4,6,8-11,13H2,1H3,(H,26,29)(H,27,31)/t14-,24+/m0/s1. The zero-order chi connectivity index (χ0) is 22.5. The number of carbonyl (C=O) groups is 3. The minimum Gasteiger partial charge on any atom is -0.319 e. The molecule has 1 aromatic heterocycles. The maximum atomic E-state index is 13.4. The van der Waals surface area contributed by atoms with Gasteiger partial charge in [0.25, 0.3) is 5.91 Å². The van der Waals surface area contributed by atoms with Crippen LogP contribution in [0.2, 0.25) is 0 Å². The van der Waals surface area contributed by atoms with Gasteiger partial charge in [0.2, 0.25) is 5.91 Å². The number of amides is 4. The van der Waals surface area contributed by atoms with Crippen LogP contribution >= 0.6 is 11.3 Å². The highest BCUT2D eigenvalue weighted by Crippen LogP contribution is 2.41. The molecule has 1 aliphatic heterocycles. The van der Waals surface area contributed by atoms with Crippen LogP contribution in [0.3, 0.4) is 0 Å². The van der Waals surface area contributed by atoms with Gasteiger partial charge in [-0.3, -0.25) is 14.5 Å². The van der Waals surface area contributed by atoms with Crippen molar-refractivity contribution in [1.29, 1.82) is 5.26 Å². The second kappa shape index (κ2) is 7.75. The monoisotopic (exact) mass is 448 g/mol. The molecule has 2 N–H and O–H groups in total. The number of aryl methyl sites for hydroxylation is 1. The number of nitrogens with one attached hydrogen (secondary N) is 2. The van der Waals surface area contributed by atoms with E-state index in [0.29, 0.717) is 22.9 Å². The number of urea groups is 1. The lowest BCUT2D eigenvalue weighted by Gasteiger charge is -2.33. The molecule has 2 heterocycles. The molecule has 8 heteroatoms. The lowest BCUT2D eigenvalue weighted by molar-refractivity contribution is -0.134. The highest BCUT2D eigenvalue weighted by molar-refractivity contribution is 7.16. The molecule has 7 nitrogen and oxygen atoms in total. The normalized spacial score (nSPS) is 24.0. The zero-order valence-electron chi connectivity index (χ0n) is 17.9. The van der Waals surface area contributed by atoms with Gasteiger partial charge in [-0.15, -0.1) is 11.3 Å². The van der Waals surface area contributed by atoms with E-state index in [4.69, 9.17) is 0 Å². The Morgan fingerprint density at radius 1 is 1.34 bits per heavy atom. The third-order valence-corrected chi connectivity index (χ3v) is 8.00. The molecule has 1 fully saturated rings. The molecule has 1 aromatic carbocycles. The first-order chi connectivity index (χ1) is 15.4. The lowest BCUT2D eigenvalue weighted by Crippen LogP contribution is -2.47. The second-order valence-electron chi connectivity index (χ2n) is 8.95. The van der Waals surface area contributed by atoms with E-state index in [-0.39, 0.29) is 12.5 Å². The predicted molar refractivity (Wildman–Crippen MR) is 120 cm³/mol. The number of nitriles is 1. The Hall–Kier alpha value is -3.18. The Bertz CT molecular complexity index is 1180. The maximum Gasteiger partial charge on any atom is 0.325 e. The molecule has 2 aliphatic carbocycles. The molecular weight excluding hydrogens is 424 g/mol. The molecule has 164 valence electrons. The second-order valence-corrected chi connectivity index (χ2v) is 10.1. The minimum atomic E-state index is -1.10. The van der Waals surface area contributed by atoms with Crippen LogP contribution in [0.1, 0.15) is 53.3 Å². The van der Waals surface area contributed by atoms with E-state index in [1.165, 1.54) is 11.3 Å². The quantitative estimate of drug-likeness (QED) is 0.702. The molecule has 1 saturated heterocycles. The van der Waals surface area contributed by atoms with E-state index in [0.717, 1.165) is 58.6 Å². The highest BCUT2D eigenvalue weighted by atomic mass is 32.1. The first kappa shape index (κ1) is 20.7. The van der Waals surface area contributed by atoms with Crippen LogP contribution in [-0.2, 0) is 34.4 Å². The number of imide groups is 1. The first-order valence-electron chi connectivity index (χ1n) is 11.0. The van der Waals surface area contributed by atoms with Crippen molar-refractivity contribution in [2.24, 2.45) is 5.92 Å². The van der Waals surface area contributed by atoms with Crippen molar-refractivity contribution < 1.29 is 14.4 Å². The summed E-state index contributed by atoms with van der Waals surface area (Å²) in [5.41, 5.74) is 2.32. The SMILES string of the molecule is C[C@H]1CCc2c(sc(NC(=O)CN3C(=O)N[C@@]4(CCCc5ccccc54)C3=O)c2C#N)C1. The number of hydrogen-bond donors (Lipinski definition) is 2. The molecule has 2 atom stereocenters. The summed E-state index contributed by atoms with van der Waals surface area (Å²) in [6, 6.07) is 9.33. The Balaban J connectivity index is 1.36. The van der Waals surface area contributed by atoms with Gasteiger partial charge in [0.15, 0.2) is 0 Å². The van der Waals surface area contributed by atoms with Gasteiger partial charge in [0.1, 0.15) is 23.2 Å². The van der Waals surface area contributed by atoms with Crippen molar-refractivity contribution in [3.63, 3.8) is 0 Å². The summed E-state index contributed by atoms with van der Waals surface area (Å²) < 4.78 is 0. The number of fused-ring (bicyclic) bond motifs is 3. The average Bonchev–Trinajstić information content (AvgIpc) is 3.23. The van der Waals surface area contributed by atoms with E-state index in [1.807, 2.05) is 24.3 Å². The minimum absolute atomic E-state index is 0.377. The molecular formula is C24H24N4O3S. The molecule has 1 spiro atoms. The van der Waals surface area contributed by atoms with Crippen LogP contribution in [0.25, 0.3) is 0 Å². The molecule has 0 unspecified atom stereocenters. The fourth-order valence-corrected chi connectivity index (χ4v) is 6.60. The van der Waals surface area contributed by atoms with Gasteiger partial charge in [-0.05, 0) is 61.1 Å². The molecule has 2 aromatic rings. The van der Waals surface area contributed by atoms with E-state index < -0.39 is 17.5 Å². The van der Waals surface area contributed by atoms with E-state index >= 15 is 0 Å². The van der Waals surface area contributed by atoms with E-state index in [1.54, 1.807) is 0 Å². The number of rotatable bonds is 3. The van der Waals surface area contributed by atoms with Crippen LogP contribution in [0, 0.1) is 17.2 Å². The van der Waals surface area contributed by atoms with E-state index in [9.17, 15) is 19.6 Å². The topological polar surface area (TPSA) is 102 Å². The Labute approximate surface area is 190 Å². The number of carbonyl (C=O) groups excluding carboxylic acids is 3. The molecule has 32 heavy (non-hydrogen) atoms. The van der Waals surface area contributed by atoms with Gasteiger partial charge >= 0.3 is 6.03 Å². The summed E-state index contributed by atoms with van der Waals surface area (Å²) in [4.78, 5) is 41.1. The van der Waals surface area contributed by atoms with Crippen molar-refractivity contribution in [2.75, 3.05) is 11.9 Å². The fourth-order valence-electron chi connectivity index (χ4n) is 5.22. The summed E-state index contributed by atoms with van der Waals surface area (Å²) in [5, 5.41) is 15.8. The van der Waals surface area contributed by atoms with Crippen molar-refractivity contribution >= 4 is 34.2 Å². The first-order valence-corrected chi connectivity index (χ1v) is 11.8. The molecule has 0 saturated carbocycles. The largest absolute Gasteiger partial charge is 0.325 e. The number of benzene rings is 1. The predicted octanol–water partition coefficient (Wildman–Crippen LogP) is 3.47. The highest BCUT2D eigenvalue weighted by Gasteiger charge is 2.54. The van der Waals surface area contributed by atoms with Gasteiger partial charge in [0.05, 0.1) is 5.56 Å². The van der Waals surface area contributed by atoms with Crippen molar-refractivity contribution in [3.8, 4) is 6.07 Å². The number of hydrogen-bond acceptors (Lipinski definition) is 5. The number of nitrogens with zero attached hydrogens (tertiary/aromatic N) is 2. The molecule has 0 radical (unpaired) electrons. The van der Waals surface area contributed by atoms with Crippen LogP contribution in [0.4, 0.5) is 9.80 Å². The Kier molecular flexibility index (Phi) is 5.01. The maximum absolute atomic E-state index is 13.4. The van der Waals surface area contributed by atoms with Gasteiger partial charge in [-0.25, -0.2) is 4.79 Å². The smallest absolute Gasteiger partial charge is 0.319 e. The van der Waals surface area contributed by atoms with Gasteiger partial charge in [-0.1, -0.05) is 31.2 Å². The summed E-state index contributed by atoms with van der Waals surface area (Å²) in [7, 11) is 0. The van der Waals surface area contributed by atoms with Gasteiger partial charge < -0.3 is 10.6 Å². The summed E-state index contributed by atoms with van der Waals surface area (Å²) in [6.07, 6.45) is 4.92. The van der Waals surface area contributed by atoms with Crippen LogP contribution in [0.5, 0.6) is 0 Å². The third-order valence-electron chi connectivity index (χ3n) is 6.83. The molecule has 4 amide bonds. The lowest BCUT2D eigenvalue weighted by atomic mass is 9.76. The third kappa shape index (κ3) is 3.19. The average molecular weight is 449 g/mol.